The molecule has 0 aliphatic carbocycles. The summed E-state index contributed by atoms with van der Waals surface area (Å²) in [6.45, 7) is 4.77. The Labute approximate surface area is 134 Å². The third-order valence-corrected chi connectivity index (χ3v) is 3.26. The van der Waals surface area contributed by atoms with Crippen LogP contribution in [0.3, 0.4) is 0 Å². The highest BCUT2D eigenvalue weighted by Crippen LogP contribution is 2.14. The van der Waals surface area contributed by atoms with E-state index in [1.54, 1.807) is 16.8 Å². The van der Waals surface area contributed by atoms with E-state index < -0.39 is 5.91 Å². The average molecular weight is 310 g/mol. The Hall–Kier alpha value is -3.07. The fraction of sp³-hybridized carbons (Fsp3) is 0.235. The number of aryl methyl sites for hydroxylation is 2. The van der Waals surface area contributed by atoms with Crippen LogP contribution in [0.1, 0.15) is 17.0 Å². The molecule has 2 aromatic rings. The highest BCUT2D eigenvalue weighted by Gasteiger charge is 2.09. The maximum absolute atomic E-state index is 12.0. The molecule has 0 saturated carbocycles. The molecule has 6 heteroatoms. The maximum atomic E-state index is 12.0. The first-order valence-electron chi connectivity index (χ1n) is 7.19. The predicted octanol–water partition coefficient (Wildman–Crippen LogP) is 1.93. The molecule has 23 heavy (non-hydrogen) atoms. The van der Waals surface area contributed by atoms with E-state index in [0.717, 1.165) is 11.4 Å². The van der Waals surface area contributed by atoms with Gasteiger partial charge in [-0.05, 0) is 43.7 Å². The van der Waals surface area contributed by atoms with Crippen molar-refractivity contribution in [2.75, 3.05) is 6.54 Å². The molecule has 0 spiro atoms. The van der Waals surface area contributed by atoms with E-state index in [1.165, 1.54) is 18.2 Å². The van der Waals surface area contributed by atoms with Crippen molar-refractivity contribution >= 4 is 12.0 Å². The zero-order valence-corrected chi connectivity index (χ0v) is 13.1. The number of aromatic hydroxyl groups is 1. The molecule has 0 aliphatic rings. The van der Waals surface area contributed by atoms with Gasteiger partial charge in [-0.15, -0.1) is 0 Å². The molecule has 0 aliphatic heterocycles. The van der Waals surface area contributed by atoms with Gasteiger partial charge in [0.15, 0.2) is 0 Å². The number of carbonyl (C=O) groups excluding carboxylic acids is 1. The predicted molar refractivity (Wildman–Crippen MR) is 86.4 cm³/mol. The van der Waals surface area contributed by atoms with E-state index in [1.807, 2.05) is 26.0 Å². The summed E-state index contributed by atoms with van der Waals surface area (Å²) in [7, 11) is 0. The van der Waals surface area contributed by atoms with E-state index in [9.17, 15) is 9.90 Å². The molecule has 0 fully saturated rings. The molecule has 0 bridgehead atoms. The van der Waals surface area contributed by atoms with E-state index in [4.69, 9.17) is 5.26 Å². The van der Waals surface area contributed by atoms with Gasteiger partial charge in [-0.25, -0.2) is 0 Å². The van der Waals surface area contributed by atoms with Crippen LogP contribution in [0.4, 0.5) is 0 Å². The average Bonchev–Trinajstić information content (AvgIpc) is 2.82. The first kappa shape index (κ1) is 16.3. The second-order valence-corrected chi connectivity index (χ2v) is 5.17. The fourth-order valence-corrected chi connectivity index (χ4v) is 2.20. The Balaban J connectivity index is 1.98. The van der Waals surface area contributed by atoms with Crippen molar-refractivity contribution in [1.29, 1.82) is 5.26 Å². The lowest BCUT2D eigenvalue weighted by atomic mass is 10.1. The van der Waals surface area contributed by atoms with Gasteiger partial charge >= 0.3 is 0 Å². The van der Waals surface area contributed by atoms with Gasteiger partial charge in [0.25, 0.3) is 5.91 Å². The van der Waals surface area contributed by atoms with Crippen molar-refractivity contribution in [3.63, 3.8) is 0 Å². The molecule has 0 atom stereocenters. The maximum Gasteiger partial charge on any atom is 0.262 e. The van der Waals surface area contributed by atoms with E-state index >= 15 is 0 Å². The number of hydrogen-bond acceptors (Lipinski definition) is 4. The number of benzene rings is 1. The largest absolute Gasteiger partial charge is 0.508 e. The molecule has 118 valence electrons. The van der Waals surface area contributed by atoms with Crippen LogP contribution in [0.5, 0.6) is 5.75 Å². The van der Waals surface area contributed by atoms with Gasteiger partial charge in [-0.3, -0.25) is 9.48 Å². The lowest BCUT2D eigenvalue weighted by Gasteiger charge is -2.06. The highest BCUT2D eigenvalue weighted by molar-refractivity contribution is 6.01. The number of nitrogens with zero attached hydrogens (tertiary/aromatic N) is 3. The van der Waals surface area contributed by atoms with Crippen molar-refractivity contribution in [1.82, 2.24) is 15.1 Å². The summed E-state index contributed by atoms with van der Waals surface area (Å²) < 4.78 is 1.81. The highest BCUT2D eigenvalue weighted by atomic mass is 16.3. The van der Waals surface area contributed by atoms with Crippen LogP contribution in [-0.4, -0.2) is 27.3 Å². The van der Waals surface area contributed by atoms with Gasteiger partial charge < -0.3 is 10.4 Å². The Morgan fingerprint density at radius 1 is 1.43 bits per heavy atom. The minimum absolute atomic E-state index is 0.0102. The number of hydrogen-bond donors (Lipinski definition) is 2. The number of amides is 1. The van der Waals surface area contributed by atoms with Crippen molar-refractivity contribution in [3.8, 4) is 11.8 Å². The number of nitrogens with one attached hydrogen (secondary N) is 1. The van der Waals surface area contributed by atoms with Crippen molar-refractivity contribution in [2.45, 2.75) is 20.4 Å². The van der Waals surface area contributed by atoms with Crippen molar-refractivity contribution in [3.05, 3.63) is 52.9 Å². The molecule has 1 heterocycles. The third kappa shape index (κ3) is 4.45. The van der Waals surface area contributed by atoms with Crippen LogP contribution >= 0.6 is 0 Å². The lowest BCUT2D eigenvalue weighted by molar-refractivity contribution is -0.117. The second kappa shape index (κ2) is 7.27. The standard InChI is InChI=1S/C17H18N4O2/c1-12-8-13(2)21(20-12)7-6-19-17(23)15(11-18)9-14-4-3-5-16(22)10-14/h3-5,8-10,22H,6-7H2,1-2H3,(H,19,23)/b15-9+. The monoisotopic (exact) mass is 310 g/mol. The van der Waals surface area contributed by atoms with Crippen LogP contribution < -0.4 is 5.32 Å². The van der Waals surface area contributed by atoms with Crippen LogP contribution in [-0.2, 0) is 11.3 Å². The van der Waals surface area contributed by atoms with Crippen molar-refractivity contribution in [2.24, 2.45) is 0 Å². The summed E-state index contributed by atoms with van der Waals surface area (Å²) in [5.74, 6) is -0.363. The van der Waals surface area contributed by atoms with Crippen LogP contribution in [0.15, 0.2) is 35.9 Å². The van der Waals surface area contributed by atoms with Crippen LogP contribution in [0, 0.1) is 25.2 Å². The minimum atomic E-state index is -0.447. The van der Waals surface area contributed by atoms with Gasteiger partial charge in [0, 0.05) is 12.2 Å². The van der Waals surface area contributed by atoms with E-state index in [2.05, 4.69) is 10.4 Å². The van der Waals surface area contributed by atoms with Crippen LogP contribution in [0.2, 0.25) is 0 Å². The molecule has 1 aromatic carbocycles. The molecule has 1 amide bonds. The summed E-state index contributed by atoms with van der Waals surface area (Å²) in [6.07, 6.45) is 1.44. The summed E-state index contributed by atoms with van der Waals surface area (Å²) in [4.78, 5) is 12.0. The van der Waals surface area contributed by atoms with E-state index in [0.29, 0.717) is 18.7 Å². The topological polar surface area (TPSA) is 90.9 Å². The minimum Gasteiger partial charge on any atom is -0.508 e. The first-order valence-corrected chi connectivity index (χ1v) is 7.19. The number of aromatic nitrogens is 2. The normalized spacial score (nSPS) is 11.1. The summed E-state index contributed by atoms with van der Waals surface area (Å²) in [5.41, 5.74) is 2.53. The summed E-state index contributed by atoms with van der Waals surface area (Å²) >= 11 is 0. The van der Waals surface area contributed by atoms with Gasteiger partial charge in [0.2, 0.25) is 0 Å². The Kier molecular flexibility index (Phi) is 5.15. The molecular formula is C17H18N4O2. The molecule has 2 N–H and O–H groups in total. The quantitative estimate of drug-likeness (QED) is 0.652. The number of rotatable bonds is 5. The third-order valence-electron chi connectivity index (χ3n) is 3.26. The molecular weight excluding hydrogens is 292 g/mol. The molecule has 1 aromatic heterocycles. The number of phenolic OH excluding ortho intramolecular Hbond substituents is 1. The summed E-state index contributed by atoms with van der Waals surface area (Å²) in [6, 6.07) is 10.2. The Bertz CT molecular complexity index is 784. The molecule has 0 saturated heterocycles. The fourth-order valence-electron chi connectivity index (χ4n) is 2.20. The second-order valence-electron chi connectivity index (χ2n) is 5.17. The molecule has 6 nitrogen and oxygen atoms in total. The molecule has 0 unspecified atom stereocenters. The van der Waals surface area contributed by atoms with Gasteiger partial charge in [-0.2, -0.15) is 10.4 Å². The number of carbonyl (C=O) groups is 1. The first-order chi connectivity index (χ1) is 11.0. The SMILES string of the molecule is Cc1cc(C)n(CCNC(=O)/C(C#N)=C/c2cccc(O)c2)n1. The van der Waals surface area contributed by atoms with Gasteiger partial charge in [-0.1, -0.05) is 12.1 Å². The molecule has 0 radical (unpaired) electrons. The summed E-state index contributed by atoms with van der Waals surface area (Å²) in [5, 5.41) is 25.5. The zero-order valence-electron chi connectivity index (χ0n) is 13.1. The van der Waals surface area contributed by atoms with E-state index in [-0.39, 0.29) is 11.3 Å². The Morgan fingerprint density at radius 2 is 2.22 bits per heavy atom. The molecule has 2 rings (SSSR count). The van der Waals surface area contributed by atoms with Gasteiger partial charge in [0.1, 0.15) is 17.4 Å². The number of nitriles is 1. The number of phenols is 1. The Morgan fingerprint density at radius 3 is 2.83 bits per heavy atom. The lowest BCUT2D eigenvalue weighted by Crippen LogP contribution is -2.28. The van der Waals surface area contributed by atoms with Crippen molar-refractivity contribution < 1.29 is 9.90 Å². The zero-order chi connectivity index (χ0) is 16.8. The van der Waals surface area contributed by atoms with Crippen LogP contribution in [0.25, 0.3) is 6.08 Å². The smallest absolute Gasteiger partial charge is 0.262 e. The van der Waals surface area contributed by atoms with Gasteiger partial charge in [0.05, 0.1) is 12.2 Å².